The molecule has 0 heterocycles. The Morgan fingerprint density at radius 3 is 2.24 bits per heavy atom. The van der Waals surface area contributed by atoms with Gasteiger partial charge < -0.3 is 9.05 Å². The van der Waals surface area contributed by atoms with Crippen LogP contribution >= 0.6 is 18.2 Å². The van der Waals surface area contributed by atoms with Crippen LogP contribution in [0.5, 0.6) is 11.5 Å². The second-order valence-corrected chi connectivity index (χ2v) is 7.24. The van der Waals surface area contributed by atoms with Gasteiger partial charge in [0.25, 0.3) is 0 Å². The highest BCUT2D eigenvalue weighted by atomic mass is 35.7. The lowest BCUT2D eigenvalue weighted by atomic mass is 10.0. The van der Waals surface area contributed by atoms with E-state index in [2.05, 4.69) is 13.8 Å². The lowest BCUT2D eigenvalue weighted by Crippen LogP contribution is -1.97. The maximum absolute atomic E-state index is 13.4. The minimum atomic E-state index is -3.97. The van der Waals surface area contributed by atoms with E-state index in [1.807, 2.05) is 12.1 Å². The number of hydrogen-bond acceptors (Lipinski definition) is 3. The van der Waals surface area contributed by atoms with Crippen LogP contribution in [0.25, 0.3) is 0 Å². The quantitative estimate of drug-likeness (QED) is 0.655. The van der Waals surface area contributed by atoms with E-state index in [1.54, 1.807) is 18.2 Å². The van der Waals surface area contributed by atoms with Gasteiger partial charge in [0.15, 0.2) is 11.6 Å². The summed E-state index contributed by atoms with van der Waals surface area (Å²) < 4.78 is 35.6. The Hall–Kier alpha value is -1.51. The van der Waals surface area contributed by atoms with Crippen molar-refractivity contribution in [3.8, 4) is 11.5 Å². The summed E-state index contributed by atoms with van der Waals surface area (Å²) in [4.78, 5) is 0. The van der Waals surface area contributed by atoms with Crippen LogP contribution in [0.1, 0.15) is 25.3 Å². The van der Waals surface area contributed by atoms with Crippen LogP contribution in [-0.2, 0) is 4.57 Å². The number of halogens is 2. The summed E-state index contributed by atoms with van der Waals surface area (Å²) in [5.74, 6) is -0.197. The normalized spacial score (nSPS) is 13.8. The topological polar surface area (TPSA) is 35.5 Å². The predicted octanol–water partition coefficient (Wildman–Crippen LogP) is 5.75. The fourth-order valence-corrected chi connectivity index (χ4v) is 2.95. The third-order valence-electron chi connectivity index (χ3n) is 2.81. The summed E-state index contributed by atoms with van der Waals surface area (Å²) in [7, 11) is 0. The molecule has 0 spiro atoms. The van der Waals surface area contributed by atoms with Crippen LogP contribution in [-0.4, -0.2) is 0 Å². The van der Waals surface area contributed by atoms with Gasteiger partial charge in [-0.15, -0.1) is 0 Å². The second kappa shape index (κ2) is 6.50. The Morgan fingerprint density at radius 2 is 1.67 bits per heavy atom. The summed E-state index contributed by atoms with van der Waals surface area (Å²) in [5, 5.41) is 0. The zero-order valence-corrected chi connectivity index (χ0v) is 13.3. The molecule has 0 aliphatic rings. The van der Waals surface area contributed by atoms with Crippen LogP contribution in [0.15, 0.2) is 48.5 Å². The van der Waals surface area contributed by atoms with Crippen molar-refractivity contribution in [1.82, 2.24) is 0 Å². The maximum atomic E-state index is 13.4. The highest BCUT2D eigenvalue weighted by molar-refractivity contribution is 7.82. The van der Waals surface area contributed by atoms with Gasteiger partial charge >= 0.3 is 6.95 Å². The standard InChI is InChI=1S/C15H15ClFO3P/c1-11(2)12-7-9-13(10-8-12)19-21(16,18)20-15-6-4-3-5-14(15)17/h3-11H,1-2H3. The molecule has 2 aromatic carbocycles. The zero-order valence-electron chi connectivity index (χ0n) is 11.6. The minimum absolute atomic E-state index is 0.213. The molecular formula is C15H15ClFO3P. The highest BCUT2D eigenvalue weighted by Crippen LogP contribution is 2.53. The van der Waals surface area contributed by atoms with E-state index in [0.717, 1.165) is 5.56 Å². The fraction of sp³-hybridized carbons (Fsp3) is 0.200. The van der Waals surface area contributed by atoms with E-state index in [-0.39, 0.29) is 5.75 Å². The minimum Gasteiger partial charge on any atom is -0.405 e. The van der Waals surface area contributed by atoms with Gasteiger partial charge in [-0.05, 0) is 35.7 Å². The molecule has 0 radical (unpaired) electrons. The summed E-state index contributed by atoms with van der Waals surface area (Å²) >= 11 is 5.72. The Morgan fingerprint density at radius 1 is 1.05 bits per heavy atom. The van der Waals surface area contributed by atoms with Gasteiger partial charge in [-0.2, -0.15) is 0 Å². The molecule has 112 valence electrons. The molecule has 0 saturated carbocycles. The van der Waals surface area contributed by atoms with Crippen molar-refractivity contribution in [2.75, 3.05) is 0 Å². The molecule has 6 heteroatoms. The van der Waals surface area contributed by atoms with E-state index in [1.165, 1.54) is 18.2 Å². The van der Waals surface area contributed by atoms with Gasteiger partial charge in [0.05, 0.1) is 0 Å². The Kier molecular flexibility index (Phi) is 4.92. The first-order valence-electron chi connectivity index (χ1n) is 6.41. The molecule has 0 saturated heterocycles. The Bertz CT molecular complexity index is 658. The van der Waals surface area contributed by atoms with Crippen LogP contribution in [0.4, 0.5) is 4.39 Å². The molecule has 0 N–H and O–H groups in total. The molecule has 0 aliphatic heterocycles. The number of rotatable bonds is 5. The fourth-order valence-electron chi connectivity index (χ4n) is 1.69. The summed E-state index contributed by atoms with van der Waals surface area (Å²) in [6.07, 6.45) is 0. The summed E-state index contributed by atoms with van der Waals surface area (Å²) in [5.41, 5.74) is 1.11. The molecular weight excluding hydrogens is 314 g/mol. The van der Waals surface area contributed by atoms with Crippen LogP contribution in [0, 0.1) is 5.82 Å². The second-order valence-electron chi connectivity index (χ2n) is 4.77. The summed E-state index contributed by atoms with van der Waals surface area (Å²) in [6.45, 7) is 0.148. The van der Waals surface area contributed by atoms with Crippen molar-refractivity contribution in [3.05, 3.63) is 59.9 Å². The van der Waals surface area contributed by atoms with E-state index >= 15 is 0 Å². The monoisotopic (exact) mass is 328 g/mol. The van der Waals surface area contributed by atoms with Crippen molar-refractivity contribution in [2.24, 2.45) is 0 Å². The van der Waals surface area contributed by atoms with Crippen molar-refractivity contribution >= 4 is 18.2 Å². The Balaban J connectivity index is 2.10. The molecule has 0 aromatic heterocycles. The van der Waals surface area contributed by atoms with E-state index in [0.29, 0.717) is 11.7 Å². The zero-order chi connectivity index (χ0) is 15.5. The predicted molar refractivity (Wildman–Crippen MR) is 81.6 cm³/mol. The van der Waals surface area contributed by atoms with Crippen LogP contribution in [0.3, 0.4) is 0 Å². The molecule has 0 aliphatic carbocycles. The largest absolute Gasteiger partial charge is 0.530 e. The van der Waals surface area contributed by atoms with Gasteiger partial charge in [-0.25, -0.2) is 8.96 Å². The number of hydrogen-bond donors (Lipinski definition) is 0. The molecule has 1 unspecified atom stereocenters. The number of benzene rings is 2. The van der Waals surface area contributed by atoms with Gasteiger partial charge in [-0.3, -0.25) is 0 Å². The number of para-hydroxylation sites is 1. The molecule has 3 nitrogen and oxygen atoms in total. The van der Waals surface area contributed by atoms with Crippen molar-refractivity contribution in [3.63, 3.8) is 0 Å². The smallest absolute Gasteiger partial charge is 0.405 e. The first-order chi connectivity index (χ1) is 9.87. The van der Waals surface area contributed by atoms with E-state index < -0.39 is 12.8 Å². The molecule has 2 rings (SSSR count). The van der Waals surface area contributed by atoms with Gasteiger partial charge in [0.1, 0.15) is 5.75 Å². The third-order valence-corrected chi connectivity index (χ3v) is 4.06. The molecule has 0 bridgehead atoms. The highest BCUT2D eigenvalue weighted by Gasteiger charge is 2.26. The van der Waals surface area contributed by atoms with Gasteiger partial charge in [0, 0.05) is 11.2 Å². The Labute approximate surface area is 128 Å². The lowest BCUT2D eigenvalue weighted by molar-refractivity contribution is 0.395. The molecule has 0 fully saturated rings. The van der Waals surface area contributed by atoms with Crippen molar-refractivity contribution in [1.29, 1.82) is 0 Å². The molecule has 21 heavy (non-hydrogen) atoms. The molecule has 0 amide bonds. The first kappa shape index (κ1) is 15.9. The van der Waals surface area contributed by atoms with Gasteiger partial charge in [0.2, 0.25) is 0 Å². The van der Waals surface area contributed by atoms with Crippen LogP contribution in [0.2, 0.25) is 0 Å². The summed E-state index contributed by atoms with van der Waals surface area (Å²) in [6, 6.07) is 12.5. The van der Waals surface area contributed by atoms with Crippen molar-refractivity contribution < 1.29 is 18.0 Å². The average Bonchev–Trinajstić information content (AvgIpc) is 2.41. The maximum Gasteiger partial charge on any atom is 0.530 e. The van der Waals surface area contributed by atoms with E-state index in [9.17, 15) is 8.96 Å². The van der Waals surface area contributed by atoms with Crippen LogP contribution < -0.4 is 9.05 Å². The molecule has 2 aromatic rings. The lowest BCUT2D eigenvalue weighted by Gasteiger charge is -2.14. The molecule has 1 atom stereocenters. The third kappa shape index (κ3) is 4.48. The van der Waals surface area contributed by atoms with Crippen molar-refractivity contribution in [2.45, 2.75) is 19.8 Å². The SMILES string of the molecule is CC(C)c1ccc(OP(=O)(Cl)Oc2ccccc2F)cc1. The average molecular weight is 329 g/mol. The van der Waals surface area contributed by atoms with E-state index in [4.69, 9.17) is 20.3 Å². The van der Waals surface area contributed by atoms with Gasteiger partial charge in [-0.1, -0.05) is 38.1 Å². The first-order valence-corrected chi connectivity index (χ1v) is 8.85.